The molecule has 1 fully saturated rings. The SMILES string of the molecule is O=c1ccc(S(=O)(=O)N2CCCC2)cn1Cc1coc(-c2ccccc2)n1. The van der Waals surface area contributed by atoms with E-state index in [1.807, 2.05) is 30.3 Å². The lowest BCUT2D eigenvalue weighted by atomic mass is 10.2. The van der Waals surface area contributed by atoms with Crippen LogP contribution in [0.15, 0.2) is 69.0 Å². The Morgan fingerprint density at radius 3 is 2.52 bits per heavy atom. The first-order valence-corrected chi connectivity index (χ1v) is 10.2. The second kappa shape index (κ2) is 7.13. The third-order valence-electron chi connectivity index (χ3n) is 4.56. The Balaban J connectivity index is 1.61. The first kappa shape index (κ1) is 17.7. The molecule has 1 aromatic carbocycles. The van der Waals surface area contributed by atoms with E-state index in [0.29, 0.717) is 24.7 Å². The Bertz CT molecular complexity index is 1100. The van der Waals surface area contributed by atoms with Crippen molar-refractivity contribution in [3.63, 3.8) is 0 Å². The van der Waals surface area contributed by atoms with Crippen LogP contribution in [0.4, 0.5) is 0 Å². The molecule has 4 rings (SSSR count). The standard InChI is InChI=1S/C19H19N3O4S/c23-18-9-8-17(27(24,25)22-10-4-5-11-22)13-21(18)12-16-14-26-19(20-16)15-6-2-1-3-7-15/h1-3,6-9,13-14H,4-5,10-12H2. The van der Waals surface area contributed by atoms with Crippen molar-refractivity contribution in [3.8, 4) is 11.5 Å². The van der Waals surface area contributed by atoms with Crippen molar-refractivity contribution in [3.05, 3.63) is 71.0 Å². The number of oxazole rings is 1. The predicted molar refractivity (Wildman–Crippen MR) is 99.7 cm³/mol. The van der Waals surface area contributed by atoms with E-state index in [2.05, 4.69) is 4.98 Å². The van der Waals surface area contributed by atoms with Crippen molar-refractivity contribution >= 4 is 10.0 Å². The van der Waals surface area contributed by atoms with Gasteiger partial charge in [-0.1, -0.05) is 18.2 Å². The van der Waals surface area contributed by atoms with Crippen molar-refractivity contribution in [1.82, 2.24) is 13.9 Å². The topological polar surface area (TPSA) is 85.4 Å². The Morgan fingerprint density at radius 1 is 1.04 bits per heavy atom. The smallest absolute Gasteiger partial charge is 0.250 e. The van der Waals surface area contributed by atoms with Crippen LogP contribution in [0, 0.1) is 0 Å². The van der Waals surface area contributed by atoms with Gasteiger partial charge in [0, 0.05) is 30.9 Å². The lowest BCUT2D eigenvalue weighted by molar-refractivity contribution is 0.476. The van der Waals surface area contributed by atoms with Crippen molar-refractivity contribution in [1.29, 1.82) is 0 Å². The fourth-order valence-corrected chi connectivity index (χ4v) is 4.67. The molecule has 0 amide bonds. The average molecular weight is 385 g/mol. The third-order valence-corrected chi connectivity index (χ3v) is 6.45. The first-order valence-electron chi connectivity index (χ1n) is 8.74. The molecular weight excluding hydrogens is 366 g/mol. The van der Waals surface area contributed by atoms with Gasteiger partial charge in [-0.3, -0.25) is 4.79 Å². The monoisotopic (exact) mass is 385 g/mol. The summed E-state index contributed by atoms with van der Waals surface area (Å²) in [5, 5.41) is 0. The predicted octanol–water partition coefficient (Wildman–Crippen LogP) is 2.34. The fourth-order valence-electron chi connectivity index (χ4n) is 3.13. The van der Waals surface area contributed by atoms with E-state index in [1.165, 1.54) is 33.5 Å². The van der Waals surface area contributed by atoms with Gasteiger partial charge in [-0.15, -0.1) is 0 Å². The van der Waals surface area contributed by atoms with E-state index in [4.69, 9.17) is 4.42 Å². The maximum Gasteiger partial charge on any atom is 0.250 e. The Morgan fingerprint density at radius 2 is 1.78 bits per heavy atom. The molecule has 140 valence electrons. The summed E-state index contributed by atoms with van der Waals surface area (Å²) in [5.41, 5.74) is 1.09. The minimum atomic E-state index is -3.58. The number of rotatable bonds is 5. The number of hydrogen-bond donors (Lipinski definition) is 0. The van der Waals surface area contributed by atoms with E-state index in [0.717, 1.165) is 18.4 Å². The molecule has 2 aromatic heterocycles. The fraction of sp³-hybridized carbons (Fsp3) is 0.263. The van der Waals surface area contributed by atoms with Gasteiger partial charge in [0.05, 0.1) is 17.1 Å². The number of hydrogen-bond acceptors (Lipinski definition) is 5. The Labute approximate surface area is 156 Å². The normalized spacial score (nSPS) is 15.3. The highest BCUT2D eigenvalue weighted by Gasteiger charge is 2.27. The molecule has 3 aromatic rings. The quantitative estimate of drug-likeness (QED) is 0.673. The molecule has 8 heteroatoms. The maximum atomic E-state index is 12.7. The van der Waals surface area contributed by atoms with Crippen molar-refractivity contribution in [2.45, 2.75) is 24.3 Å². The summed E-state index contributed by atoms with van der Waals surface area (Å²) < 4.78 is 33.7. The molecule has 0 aliphatic carbocycles. The van der Waals surface area contributed by atoms with E-state index in [1.54, 1.807) is 0 Å². The number of sulfonamides is 1. The summed E-state index contributed by atoms with van der Waals surface area (Å²) in [7, 11) is -3.58. The molecule has 0 saturated carbocycles. The van der Waals surface area contributed by atoms with Gasteiger partial charge >= 0.3 is 0 Å². The summed E-state index contributed by atoms with van der Waals surface area (Å²) in [4.78, 5) is 16.7. The second-order valence-electron chi connectivity index (χ2n) is 6.45. The molecule has 0 unspecified atom stereocenters. The summed E-state index contributed by atoms with van der Waals surface area (Å²) in [5.74, 6) is 0.458. The van der Waals surface area contributed by atoms with Crippen LogP contribution in [0.3, 0.4) is 0 Å². The summed E-state index contributed by atoms with van der Waals surface area (Å²) in [6.07, 6.45) is 4.59. The molecule has 1 saturated heterocycles. The van der Waals surface area contributed by atoms with Crippen LogP contribution >= 0.6 is 0 Å². The molecule has 1 aliphatic rings. The largest absolute Gasteiger partial charge is 0.444 e. The minimum Gasteiger partial charge on any atom is -0.444 e. The number of nitrogens with zero attached hydrogens (tertiary/aromatic N) is 3. The van der Waals surface area contributed by atoms with E-state index >= 15 is 0 Å². The van der Waals surface area contributed by atoms with Crippen LogP contribution < -0.4 is 5.56 Å². The third kappa shape index (κ3) is 3.58. The van der Waals surface area contributed by atoms with Crippen LogP contribution in [0.1, 0.15) is 18.5 Å². The number of pyridine rings is 1. The number of benzene rings is 1. The summed E-state index contributed by atoms with van der Waals surface area (Å²) in [6, 6.07) is 12.1. The maximum absolute atomic E-state index is 12.7. The zero-order valence-electron chi connectivity index (χ0n) is 14.6. The van der Waals surface area contributed by atoms with Gasteiger partial charge in [0.25, 0.3) is 5.56 Å². The van der Waals surface area contributed by atoms with Crippen LogP contribution in [0.5, 0.6) is 0 Å². The molecule has 0 atom stereocenters. The molecule has 0 N–H and O–H groups in total. The van der Waals surface area contributed by atoms with Crippen LogP contribution in [0.25, 0.3) is 11.5 Å². The molecule has 0 radical (unpaired) electrons. The van der Waals surface area contributed by atoms with Crippen LogP contribution in [0.2, 0.25) is 0 Å². The highest BCUT2D eigenvalue weighted by Crippen LogP contribution is 2.21. The molecule has 27 heavy (non-hydrogen) atoms. The molecule has 7 nitrogen and oxygen atoms in total. The highest BCUT2D eigenvalue weighted by atomic mass is 32.2. The van der Waals surface area contributed by atoms with Crippen LogP contribution in [-0.4, -0.2) is 35.4 Å². The highest BCUT2D eigenvalue weighted by molar-refractivity contribution is 7.89. The Hall–Kier alpha value is -2.71. The van der Waals surface area contributed by atoms with E-state index in [-0.39, 0.29) is 17.0 Å². The number of aromatic nitrogens is 2. The minimum absolute atomic E-state index is 0.121. The van der Waals surface area contributed by atoms with Crippen molar-refractivity contribution in [2.75, 3.05) is 13.1 Å². The summed E-state index contributed by atoms with van der Waals surface area (Å²) in [6.45, 7) is 1.18. The van der Waals surface area contributed by atoms with Crippen molar-refractivity contribution in [2.24, 2.45) is 0 Å². The lowest BCUT2D eigenvalue weighted by Gasteiger charge is -2.16. The zero-order chi connectivity index (χ0) is 18.9. The van der Waals surface area contributed by atoms with Gasteiger partial charge in [0.2, 0.25) is 15.9 Å². The molecule has 0 bridgehead atoms. The summed E-state index contributed by atoms with van der Waals surface area (Å²) >= 11 is 0. The van der Waals surface area contributed by atoms with E-state index < -0.39 is 10.0 Å². The van der Waals surface area contributed by atoms with Gasteiger partial charge in [-0.25, -0.2) is 13.4 Å². The van der Waals surface area contributed by atoms with Gasteiger partial charge < -0.3 is 8.98 Å². The van der Waals surface area contributed by atoms with Crippen LogP contribution in [-0.2, 0) is 16.6 Å². The molecular formula is C19H19N3O4S. The van der Waals surface area contributed by atoms with Gasteiger partial charge in [0.15, 0.2) is 0 Å². The lowest BCUT2D eigenvalue weighted by Crippen LogP contribution is -2.29. The van der Waals surface area contributed by atoms with E-state index in [9.17, 15) is 13.2 Å². The molecule has 0 spiro atoms. The van der Waals surface area contributed by atoms with Gasteiger partial charge in [0.1, 0.15) is 6.26 Å². The van der Waals surface area contributed by atoms with Gasteiger partial charge in [-0.05, 0) is 31.0 Å². The molecule has 3 heterocycles. The first-order chi connectivity index (χ1) is 13.0. The van der Waals surface area contributed by atoms with Crippen molar-refractivity contribution < 1.29 is 12.8 Å². The zero-order valence-corrected chi connectivity index (χ0v) is 15.4. The Kier molecular flexibility index (Phi) is 4.67. The average Bonchev–Trinajstić information content (AvgIpc) is 3.36. The molecule has 1 aliphatic heterocycles. The van der Waals surface area contributed by atoms with Gasteiger partial charge in [-0.2, -0.15) is 4.31 Å². The second-order valence-corrected chi connectivity index (χ2v) is 8.39.